The summed E-state index contributed by atoms with van der Waals surface area (Å²) < 4.78 is 0. The Kier molecular flexibility index (Phi) is 7.55. The molecule has 1 aliphatic carbocycles. The lowest BCUT2D eigenvalue weighted by molar-refractivity contribution is 0.660. The maximum Gasteiger partial charge on any atom is 0.0544 e. The topological polar surface area (TPSA) is 24.1 Å². The first-order chi connectivity index (χ1) is 28.0. The number of benzene rings is 9. The van der Waals surface area contributed by atoms with Crippen molar-refractivity contribution in [1.82, 2.24) is 0 Å². The zero-order chi connectivity index (χ0) is 38.1. The smallest absolute Gasteiger partial charge is 0.0544 e. The first kappa shape index (κ1) is 33.2. The predicted octanol–water partition coefficient (Wildman–Crippen LogP) is 15.3. The van der Waals surface area contributed by atoms with Gasteiger partial charge in [-0.15, -0.1) is 0 Å². The predicted molar refractivity (Wildman–Crippen MR) is 242 cm³/mol. The molecule has 0 fully saturated rings. The van der Waals surface area contributed by atoms with Crippen LogP contribution in [0.5, 0.6) is 0 Å². The molecule has 0 spiro atoms. The molecule has 0 aromatic heterocycles. The molecule has 2 nitrogen and oxygen atoms in total. The average Bonchev–Trinajstić information content (AvgIpc) is 3.39. The molecule has 0 bridgehead atoms. The summed E-state index contributed by atoms with van der Waals surface area (Å²) in [6.45, 7) is 4.67. The maximum absolute atomic E-state index is 3.94. The van der Waals surface area contributed by atoms with Crippen molar-refractivity contribution in [2.45, 2.75) is 19.3 Å². The summed E-state index contributed by atoms with van der Waals surface area (Å²) in [5.74, 6) is 0. The van der Waals surface area contributed by atoms with Gasteiger partial charge in [-0.1, -0.05) is 153 Å². The molecule has 57 heavy (non-hydrogen) atoms. The summed E-state index contributed by atoms with van der Waals surface area (Å²) in [6.07, 6.45) is 0. The first-order valence-electron chi connectivity index (χ1n) is 19.8. The zero-order valence-electron chi connectivity index (χ0n) is 32.0. The van der Waals surface area contributed by atoms with Crippen molar-refractivity contribution in [1.29, 1.82) is 0 Å². The van der Waals surface area contributed by atoms with E-state index in [-0.39, 0.29) is 5.41 Å². The molecule has 9 aromatic carbocycles. The minimum Gasteiger partial charge on any atom is -0.355 e. The van der Waals surface area contributed by atoms with Crippen LogP contribution in [-0.2, 0) is 5.41 Å². The molecule has 0 saturated carbocycles. The molecule has 0 saturated heterocycles. The molecule has 0 atom stereocenters. The summed E-state index contributed by atoms with van der Waals surface area (Å²) in [6, 6.07) is 71.0. The second-order valence-electron chi connectivity index (χ2n) is 15.9. The largest absolute Gasteiger partial charge is 0.355 e. The molecule has 0 radical (unpaired) electrons. The van der Waals surface area contributed by atoms with Crippen molar-refractivity contribution in [2.24, 2.45) is 0 Å². The molecule has 1 heterocycles. The van der Waals surface area contributed by atoms with E-state index in [0.717, 1.165) is 33.9 Å². The van der Waals surface area contributed by atoms with Crippen LogP contribution in [0.25, 0.3) is 77.5 Å². The molecule has 2 N–H and O–H groups in total. The number of rotatable bonds is 5. The van der Waals surface area contributed by atoms with Crippen LogP contribution in [0.3, 0.4) is 0 Å². The molecule has 2 heteroatoms. The van der Waals surface area contributed by atoms with Crippen LogP contribution in [0.4, 0.5) is 22.7 Å². The van der Waals surface area contributed by atoms with Crippen molar-refractivity contribution in [3.05, 3.63) is 205 Å². The summed E-state index contributed by atoms with van der Waals surface area (Å²) >= 11 is 0. The van der Waals surface area contributed by atoms with Gasteiger partial charge in [-0.25, -0.2) is 0 Å². The van der Waals surface area contributed by atoms with E-state index in [1.54, 1.807) is 0 Å². The van der Waals surface area contributed by atoms with E-state index in [0.29, 0.717) is 0 Å². The third kappa shape index (κ3) is 5.48. The van der Waals surface area contributed by atoms with E-state index in [1.165, 1.54) is 77.5 Å². The Balaban J connectivity index is 1.04. The minimum absolute atomic E-state index is 0.0596. The summed E-state index contributed by atoms with van der Waals surface area (Å²) in [4.78, 5) is 0. The third-order valence-corrected chi connectivity index (χ3v) is 12.2. The fourth-order valence-electron chi connectivity index (χ4n) is 9.30. The van der Waals surface area contributed by atoms with Gasteiger partial charge >= 0.3 is 0 Å². The van der Waals surface area contributed by atoms with Crippen LogP contribution in [0.2, 0.25) is 0 Å². The highest BCUT2D eigenvalue weighted by Crippen LogP contribution is 2.52. The van der Waals surface area contributed by atoms with Crippen molar-refractivity contribution in [3.63, 3.8) is 0 Å². The molecule has 0 amide bonds. The second kappa shape index (κ2) is 13.0. The Morgan fingerprint density at radius 1 is 0.368 bits per heavy atom. The normalized spacial score (nSPS) is 13.0. The number of hydrogen-bond donors (Lipinski definition) is 2. The Labute approximate surface area is 334 Å². The molecular formula is C55H40N2. The SMILES string of the molecule is CC1(C)c2ccccc2-c2ccc(Nc3ccccc3-c3cccc(-c4cc(-c5ccccc5)c5c(c4)-c4cc6ccccc6cc4-c4ccccc4N5)c3)cc21. The van der Waals surface area contributed by atoms with E-state index in [1.807, 2.05) is 0 Å². The van der Waals surface area contributed by atoms with Crippen LogP contribution >= 0.6 is 0 Å². The van der Waals surface area contributed by atoms with Gasteiger partial charge in [0.2, 0.25) is 0 Å². The van der Waals surface area contributed by atoms with Gasteiger partial charge in [0.05, 0.1) is 5.69 Å². The van der Waals surface area contributed by atoms with Gasteiger partial charge in [0.15, 0.2) is 0 Å². The third-order valence-electron chi connectivity index (χ3n) is 12.2. The second-order valence-corrected chi connectivity index (χ2v) is 15.9. The Morgan fingerprint density at radius 2 is 0.982 bits per heavy atom. The van der Waals surface area contributed by atoms with Crippen LogP contribution < -0.4 is 10.6 Å². The Bertz CT molecular complexity index is 3040. The molecule has 9 aromatic rings. The van der Waals surface area contributed by atoms with E-state index in [9.17, 15) is 0 Å². The maximum atomic E-state index is 3.94. The number of para-hydroxylation sites is 2. The summed E-state index contributed by atoms with van der Waals surface area (Å²) in [5.41, 5.74) is 21.6. The average molecular weight is 729 g/mol. The molecule has 0 unspecified atom stereocenters. The van der Waals surface area contributed by atoms with Crippen LogP contribution in [-0.4, -0.2) is 0 Å². The Hall–Kier alpha value is -7.16. The van der Waals surface area contributed by atoms with Gasteiger partial charge in [0, 0.05) is 44.7 Å². The lowest BCUT2D eigenvalue weighted by Crippen LogP contribution is -2.15. The summed E-state index contributed by atoms with van der Waals surface area (Å²) in [5, 5.41) is 10.2. The fraction of sp³-hybridized carbons (Fsp3) is 0.0545. The highest BCUT2D eigenvalue weighted by atomic mass is 14.9. The Morgan fingerprint density at radius 3 is 1.81 bits per heavy atom. The van der Waals surface area contributed by atoms with Gasteiger partial charge < -0.3 is 10.6 Å². The molecular weight excluding hydrogens is 689 g/mol. The van der Waals surface area contributed by atoms with Gasteiger partial charge in [-0.2, -0.15) is 0 Å². The molecule has 2 aliphatic rings. The van der Waals surface area contributed by atoms with Crippen LogP contribution in [0.15, 0.2) is 194 Å². The molecule has 270 valence electrons. The monoisotopic (exact) mass is 728 g/mol. The number of anilines is 4. The van der Waals surface area contributed by atoms with Crippen LogP contribution in [0, 0.1) is 0 Å². The van der Waals surface area contributed by atoms with Crippen molar-refractivity contribution >= 4 is 33.5 Å². The lowest BCUT2D eigenvalue weighted by Gasteiger charge is -2.22. The zero-order valence-corrected chi connectivity index (χ0v) is 32.0. The number of hydrogen-bond acceptors (Lipinski definition) is 2. The van der Waals surface area contributed by atoms with Crippen LogP contribution in [0.1, 0.15) is 25.0 Å². The van der Waals surface area contributed by atoms with Gasteiger partial charge in [-0.05, 0) is 121 Å². The fourth-order valence-corrected chi connectivity index (χ4v) is 9.30. The van der Waals surface area contributed by atoms with Crippen molar-refractivity contribution < 1.29 is 0 Å². The van der Waals surface area contributed by atoms with Gasteiger partial charge in [-0.3, -0.25) is 0 Å². The summed E-state index contributed by atoms with van der Waals surface area (Å²) in [7, 11) is 0. The van der Waals surface area contributed by atoms with E-state index in [4.69, 9.17) is 0 Å². The molecule has 1 aliphatic heterocycles. The van der Waals surface area contributed by atoms with E-state index >= 15 is 0 Å². The number of nitrogens with one attached hydrogen (secondary N) is 2. The quantitative estimate of drug-likeness (QED) is 0.184. The first-order valence-corrected chi connectivity index (χ1v) is 19.8. The lowest BCUT2D eigenvalue weighted by atomic mass is 9.82. The van der Waals surface area contributed by atoms with Crippen molar-refractivity contribution in [2.75, 3.05) is 10.6 Å². The van der Waals surface area contributed by atoms with Gasteiger partial charge in [0.25, 0.3) is 0 Å². The minimum atomic E-state index is -0.0596. The van der Waals surface area contributed by atoms with E-state index < -0.39 is 0 Å². The number of fused-ring (bicyclic) bond motifs is 9. The highest BCUT2D eigenvalue weighted by Gasteiger charge is 2.35. The van der Waals surface area contributed by atoms with Crippen molar-refractivity contribution in [3.8, 4) is 66.8 Å². The highest BCUT2D eigenvalue weighted by molar-refractivity contribution is 6.08. The van der Waals surface area contributed by atoms with E-state index in [2.05, 4.69) is 219 Å². The van der Waals surface area contributed by atoms with Gasteiger partial charge in [0.1, 0.15) is 0 Å². The molecule has 11 rings (SSSR count). The standard InChI is InChI=1S/C55H40N2/c1-55(2)50-24-11-8-22-43(50)44-28-27-41(34-51(44)55)56-52-25-12-9-21-42(52)39-20-14-19-36(29-39)40-32-46(35-15-4-3-5-16-35)54-49(33-40)48-31-38-18-7-6-17-37(38)30-47(48)45-23-10-13-26-53(45)57-54/h3-34,56-57H,1-2H3.